The zero-order chi connectivity index (χ0) is 9.78. The number of sulfonamides is 1. The minimum atomic E-state index is -3.18. The molecule has 0 amide bonds. The van der Waals surface area contributed by atoms with E-state index < -0.39 is 26.1 Å². The van der Waals surface area contributed by atoms with Crippen molar-refractivity contribution >= 4 is 20.8 Å². The Bertz CT molecular complexity index is 246. The Balaban J connectivity index is 3.86. The lowest BCUT2D eigenvalue weighted by atomic mass is 10.6. The molecule has 0 heterocycles. The van der Waals surface area contributed by atoms with Gasteiger partial charge in [-0.05, 0) is 13.8 Å². The first kappa shape index (κ1) is 12.1. The predicted octanol–water partition coefficient (Wildman–Crippen LogP) is -0.307. The molecule has 1 atom stereocenters. The fraction of sp³-hybridized carbons (Fsp3) is 1.00. The Morgan fingerprint density at radius 3 is 2.25 bits per heavy atom. The molecule has 0 bridgehead atoms. The molecule has 0 aromatic heterocycles. The van der Waals surface area contributed by atoms with Crippen LogP contribution < -0.4 is 4.72 Å². The van der Waals surface area contributed by atoms with Gasteiger partial charge in [-0.25, -0.2) is 13.1 Å². The smallest absolute Gasteiger partial charge is 0.213 e. The monoisotopic (exact) mass is 213 g/mol. The van der Waals surface area contributed by atoms with Crippen LogP contribution in [0.5, 0.6) is 0 Å². The first-order chi connectivity index (χ1) is 5.36. The Hall–Kier alpha value is 0.0600. The van der Waals surface area contributed by atoms with Crippen molar-refractivity contribution in [2.75, 3.05) is 18.6 Å². The van der Waals surface area contributed by atoms with Crippen LogP contribution in [-0.4, -0.2) is 36.4 Å². The summed E-state index contributed by atoms with van der Waals surface area (Å²) >= 11 is 0. The number of nitrogens with one attached hydrogen (secondary N) is 1. The maximum atomic E-state index is 11.1. The van der Waals surface area contributed by atoms with Gasteiger partial charge in [0.25, 0.3) is 0 Å². The molecular formula is C6H15NO3S2. The van der Waals surface area contributed by atoms with Gasteiger partial charge in [-0.3, -0.25) is 4.21 Å². The summed E-state index contributed by atoms with van der Waals surface area (Å²) in [6.45, 7) is 3.46. The Labute approximate surface area is 76.2 Å². The number of rotatable bonds is 5. The van der Waals surface area contributed by atoms with Gasteiger partial charge in [-0.2, -0.15) is 0 Å². The summed E-state index contributed by atoms with van der Waals surface area (Å²) in [5.41, 5.74) is 0. The lowest BCUT2D eigenvalue weighted by Crippen LogP contribution is -2.33. The summed E-state index contributed by atoms with van der Waals surface area (Å²) in [5.74, 6) is 0.367. The molecule has 74 valence electrons. The van der Waals surface area contributed by atoms with Crippen LogP contribution in [0, 0.1) is 0 Å². The molecule has 0 aliphatic rings. The van der Waals surface area contributed by atoms with Crippen LogP contribution in [0.1, 0.15) is 13.8 Å². The van der Waals surface area contributed by atoms with Crippen LogP contribution >= 0.6 is 0 Å². The van der Waals surface area contributed by atoms with Gasteiger partial charge < -0.3 is 0 Å². The van der Waals surface area contributed by atoms with E-state index in [1.807, 2.05) is 0 Å². The van der Waals surface area contributed by atoms with Crippen molar-refractivity contribution in [1.29, 1.82) is 0 Å². The molecule has 0 fully saturated rings. The van der Waals surface area contributed by atoms with E-state index in [9.17, 15) is 12.6 Å². The molecule has 12 heavy (non-hydrogen) atoms. The highest BCUT2D eigenvalue weighted by Gasteiger charge is 2.14. The molecule has 1 unspecified atom stereocenters. The molecule has 0 rings (SSSR count). The van der Waals surface area contributed by atoms with Gasteiger partial charge in [0.2, 0.25) is 10.0 Å². The van der Waals surface area contributed by atoms with E-state index in [2.05, 4.69) is 4.72 Å². The maximum Gasteiger partial charge on any atom is 0.213 e. The fourth-order valence-corrected chi connectivity index (χ4v) is 1.73. The molecule has 0 aliphatic heterocycles. The molecule has 0 radical (unpaired) electrons. The normalized spacial score (nSPS) is 15.0. The molecule has 1 N–H and O–H groups in total. The quantitative estimate of drug-likeness (QED) is 0.681. The lowest BCUT2D eigenvalue weighted by molar-refractivity contribution is 0.575. The molecule has 0 aromatic rings. The van der Waals surface area contributed by atoms with Crippen molar-refractivity contribution in [2.45, 2.75) is 19.1 Å². The SMILES string of the molecule is CC(C)S(=O)(=O)NCCS(C)=O. The van der Waals surface area contributed by atoms with E-state index in [4.69, 9.17) is 0 Å². The molecule has 0 aliphatic carbocycles. The largest absolute Gasteiger partial charge is 0.260 e. The molecule has 0 aromatic carbocycles. The molecule has 0 saturated carbocycles. The van der Waals surface area contributed by atoms with Crippen LogP contribution in [0.15, 0.2) is 0 Å². The van der Waals surface area contributed by atoms with Gasteiger partial charge in [-0.15, -0.1) is 0 Å². The van der Waals surface area contributed by atoms with Gasteiger partial charge >= 0.3 is 0 Å². The van der Waals surface area contributed by atoms with Crippen molar-refractivity contribution in [3.8, 4) is 0 Å². The van der Waals surface area contributed by atoms with Gasteiger partial charge in [-0.1, -0.05) is 0 Å². The zero-order valence-corrected chi connectivity index (χ0v) is 9.17. The summed E-state index contributed by atoms with van der Waals surface area (Å²) in [4.78, 5) is 0. The van der Waals surface area contributed by atoms with E-state index in [0.717, 1.165) is 0 Å². The summed E-state index contributed by atoms with van der Waals surface area (Å²) in [5, 5.41) is -0.428. The van der Waals surface area contributed by atoms with Crippen LogP contribution in [0.4, 0.5) is 0 Å². The second kappa shape index (κ2) is 4.94. The van der Waals surface area contributed by atoms with E-state index in [1.165, 1.54) is 0 Å². The van der Waals surface area contributed by atoms with Gasteiger partial charge in [0.05, 0.1) is 5.25 Å². The third-order valence-electron chi connectivity index (χ3n) is 1.31. The third kappa shape index (κ3) is 4.84. The van der Waals surface area contributed by atoms with E-state index in [1.54, 1.807) is 20.1 Å². The van der Waals surface area contributed by atoms with Gasteiger partial charge in [0.1, 0.15) is 0 Å². The third-order valence-corrected chi connectivity index (χ3v) is 3.94. The topological polar surface area (TPSA) is 63.2 Å². The second-order valence-electron chi connectivity index (χ2n) is 2.77. The number of hydrogen-bond acceptors (Lipinski definition) is 3. The summed E-state index contributed by atoms with van der Waals surface area (Å²) < 4.78 is 35.1. The average Bonchev–Trinajstić information content (AvgIpc) is 1.85. The highest BCUT2D eigenvalue weighted by atomic mass is 32.2. The summed E-state index contributed by atoms with van der Waals surface area (Å²) in [6.07, 6.45) is 1.55. The summed E-state index contributed by atoms with van der Waals surface area (Å²) in [6, 6.07) is 0. The molecule has 0 spiro atoms. The van der Waals surface area contributed by atoms with Crippen LogP contribution in [-0.2, 0) is 20.8 Å². The van der Waals surface area contributed by atoms with Crippen molar-refractivity contribution < 1.29 is 12.6 Å². The number of hydrogen-bond donors (Lipinski definition) is 1. The Kier molecular flexibility index (Phi) is 4.96. The van der Waals surface area contributed by atoms with Crippen LogP contribution in [0.3, 0.4) is 0 Å². The molecular weight excluding hydrogens is 198 g/mol. The van der Waals surface area contributed by atoms with Crippen molar-refractivity contribution in [3.05, 3.63) is 0 Å². The zero-order valence-electron chi connectivity index (χ0n) is 7.53. The minimum Gasteiger partial charge on any atom is -0.260 e. The highest BCUT2D eigenvalue weighted by Crippen LogP contribution is 1.94. The van der Waals surface area contributed by atoms with Crippen molar-refractivity contribution in [2.24, 2.45) is 0 Å². The van der Waals surface area contributed by atoms with Crippen molar-refractivity contribution in [1.82, 2.24) is 4.72 Å². The fourth-order valence-electron chi connectivity index (χ4n) is 0.494. The van der Waals surface area contributed by atoms with E-state index >= 15 is 0 Å². The average molecular weight is 213 g/mol. The predicted molar refractivity (Wildman–Crippen MR) is 51.0 cm³/mol. The first-order valence-electron chi connectivity index (χ1n) is 3.65. The van der Waals surface area contributed by atoms with Gasteiger partial charge in [0.15, 0.2) is 0 Å². The molecule has 6 heteroatoms. The van der Waals surface area contributed by atoms with E-state index in [0.29, 0.717) is 5.75 Å². The Morgan fingerprint density at radius 1 is 1.42 bits per heavy atom. The molecule has 4 nitrogen and oxygen atoms in total. The Morgan fingerprint density at radius 2 is 1.92 bits per heavy atom. The summed E-state index contributed by atoms with van der Waals surface area (Å²) in [7, 11) is -4.12. The standard InChI is InChI=1S/C6H15NO3S2/c1-6(2)12(9,10)7-4-5-11(3)8/h6-7H,4-5H2,1-3H3. The van der Waals surface area contributed by atoms with Gasteiger partial charge in [0, 0.05) is 29.4 Å². The second-order valence-corrected chi connectivity index (χ2v) is 6.64. The minimum absolute atomic E-state index is 0.254. The van der Waals surface area contributed by atoms with Crippen LogP contribution in [0.25, 0.3) is 0 Å². The van der Waals surface area contributed by atoms with Crippen LogP contribution in [0.2, 0.25) is 0 Å². The first-order valence-corrected chi connectivity index (χ1v) is 6.92. The molecule has 0 saturated heterocycles. The maximum absolute atomic E-state index is 11.1. The highest BCUT2D eigenvalue weighted by molar-refractivity contribution is 7.90. The van der Waals surface area contributed by atoms with E-state index in [-0.39, 0.29) is 6.54 Å². The lowest BCUT2D eigenvalue weighted by Gasteiger charge is -2.07. The van der Waals surface area contributed by atoms with Crippen molar-refractivity contribution in [3.63, 3.8) is 0 Å².